The molecule has 1 heterocycles. The summed E-state index contributed by atoms with van der Waals surface area (Å²) < 4.78 is 2.26. The summed E-state index contributed by atoms with van der Waals surface area (Å²) in [5.41, 5.74) is 7.21. The number of rotatable bonds is 7. The molecule has 0 spiro atoms. The van der Waals surface area contributed by atoms with E-state index in [2.05, 4.69) is 141 Å². The van der Waals surface area contributed by atoms with Gasteiger partial charge in [-0.15, -0.1) is 0 Å². The van der Waals surface area contributed by atoms with Crippen LogP contribution in [-0.2, 0) is 6.54 Å². The molecule has 0 aliphatic rings. The number of aromatic nitrogens is 1. The van der Waals surface area contributed by atoms with Gasteiger partial charge in [0.1, 0.15) is 6.54 Å². The Labute approximate surface area is 193 Å². The van der Waals surface area contributed by atoms with Gasteiger partial charge in [0.2, 0.25) is 5.69 Å². The molecule has 3 aromatic rings. The van der Waals surface area contributed by atoms with Crippen molar-refractivity contribution in [3.8, 4) is 0 Å². The molecule has 162 valence electrons. The maximum absolute atomic E-state index is 2.26. The van der Waals surface area contributed by atoms with Crippen LogP contribution in [0.25, 0.3) is 24.3 Å². The first kappa shape index (κ1) is 24.2. The summed E-state index contributed by atoms with van der Waals surface area (Å²) in [6.45, 7) is 3.11. The first-order chi connectivity index (χ1) is 14.5. The van der Waals surface area contributed by atoms with E-state index in [9.17, 15) is 0 Å². The molecule has 31 heavy (non-hydrogen) atoms. The number of nitrogens with zero attached hydrogens (tertiary/aromatic N) is 3. The molecule has 0 saturated carbocycles. The van der Waals surface area contributed by atoms with Crippen molar-refractivity contribution in [3.63, 3.8) is 0 Å². The molecule has 0 atom stereocenters. The van der Waals surface area contributed by atoms with Gasteiger partial charge < -0.3 is 22.2 Å². The topological polar surface area (TPSA) is 10.4 Å². The van der Waals surface area contributed by atoms with Crippen molar-refractivity contribution < 1.29 is 17.0 Å². The second kappa shape index (κ2) is 11.4. The van der Waals surface area contributed by atoms with Gasteiger partial charge in [-0.1, -0.05) is 36.4 Å². The largest absolute Gasteiger partial charge is 1.00 e. The highest BCUT2D eigenvalue weighted by Crippen LogP contribution is 2.16. The first-order valence-electron chi connectivity index (χ1n) is 10.4. The number of pyridine rings is 1. The van der Waals surface area contributed by atoms with E-state index in [0.717, 1.165) is 6.54 Å². The zero-order valence-electron chi connectivity index (χ0n) is 19.1. The minimum absolute atomic E-state index is 0. The molecule has 0 aliphatic heterocycles. The summed E-state index contributed by atoms with van der Waals surface area (Å²) in [6.07, 6.45) is 10.9. The molecule has 3 rings (SSSR count). The SMILES string of the molecule is CC[n+]1ccc(C=Cc2ccc(N(C)C)cc2)cc1C=Cc1ccc(N(C)C)cc1.[Cl-]. The van der Waals surface area contributed by atoms with Crippen LogP contribution < -0.4 is 26.8 Å². The molecule has 0 saturated heterocycles. The van der Waals surface area contributed by atoms with Crippen LogP contribution in [0.2, 0.25) is 0 Å². The van der Waals surface area contributed by atoms with Crippen molar-refractivity contribution >= 4 is 35.7 Å². The van der Waals surface area contributed by atoms with Gasteiger partial charge in [0.15, 0.2) is 6.20 Å². The van der Waals surface area contributed by atoms with Gasteiger partial charge in [-0.2, -0.15) is 4.57 Å². The molecule has 0 unspecified atom stereocenters. The number of halogens is 1. The Kier molecular flexibility index (Phi) is 8.89. The van der Waals surface area contributed by atoms with Gasteiger partial charge in [0.05, 0.1) is 0 Å². The van der Waals surface area contributed by atoms with Crippen LogP contribution in [0.4, 0.5) is 11.4 Å². The monoisotopic (exact) mass is 433 g/mol. The number of anilines is 2. The molecule has 1 aromatic heterocycles. The molecular weight excluding hydrogens is 402 g/mol. The molecule has 0 bridgehead atoms. The van der Waals surface area contributed by atoms with Gasteiger partial charge >= 0.3 is 0 Å². The Morgan fingerprint density at radius 1 is 0.645 bits per heavy atom. The van der Waals surface area contributed by atoms with E-state index in [1.165, 1.54) is 33.8 Å². The first-order valence-corrected chi connectivity index (χ1v) is 10.4. The molecule has 0 N–H and O–H groups in total. The van der Waals surface area contributed by atoms with E-state index >= 15 is 0 Å². The van der Waals surface area contributed by atoms with Crippen molar-refractivity contribution in [1.29, 1.82) is 0 Å². The molecule has 0 fully saturated rings. The standard InChI is InChI=1S/C27H32N3.ClH/c1-6-30-20-19-24(8-7-22-9-14-25(15-10-22)28(2)3)21-27(30)18-13-23-11-16-26(17-12-23)29(4)5;/h7-21H,6H2,1-5H3;1H/q+1;/p-1. The van der Waals surface area contributed by atoms with E-state index in [1.54, 1.807) is 0 Å². The molecule has 3 nitrogen and oxygen atoms in total. The summed E-state index contributed by atoms with van der Waals surface area (Å²) in [6, 6.07) is 21.6. The third-order valence-electron chi connectivity index (χ3n) is 5.17. The number of hydrogen-bond acceptors (Lipinski definition) is 2. The quantitative estimate of drug-likeness (QED) is 0.530. The predicted octanol–water partition coefficient (Wildman–Crippen LogP) is 2.47. The number of benzene rings is 2. The second-order valence-electron chi connectivity index (χ2n) is 7.81. The van der Waals surface area contributed by atoms with Crippen LogP contribution in [-0.4, -0.2) is 28.2 Å². The van der Waals surface area contributed by atoms with Gasteiger partial charge in [0.25, 0.3) is 0 Å². The number of aryl methyl sites for hydroxylation is 1. The third kappa shape index (κ3) is 6.73. The Balaban J connectivity index is 0.00000341. The Bertz CT molecular complexity index is 1020. The Hall–Kier alpha value is -3.04. The van der Waals surface area contributed by atoms with Crippen LogP contribution in [0, 0.1) is 0 Å². The lowest BCUT2D eigenvalue weighted by atomic mass is 10.1. The zero-order chi connectivity index (χ0) is 21.5. The fourth-order valence-electron chi connectivity index (χ4n) is 3.24. The fraction of sp³-hybridized carbons (Fsp3) is 0.222. The minimum Gasteiger partial charge on any atom is -1.00 e. The average molecular weight is 434 g/mol. The van der Waals surface area contributed by atoms with E-state index in [1.807, 2.05) is 0 Å². The normalized spacial score (nSPS) is 11.0. The average Bonchev–Trinajstić information content (AvgIpc) is 2.76. The van der Waals surface area contributed by atoms with Crippen molar-refractivity contribution in [1.82, 2.24) is 0 Å². The smallest absolute Gasteiger partial charge is 0.205 e. The summed E-state index contributed by atoms with van der Waals surface area (Å²) in [7, 11) is 8.24. The maximum atomic E-state index is 2.26. The Morgan fingerprint density at radius 3 is 1.55 bits per heavy atom. The lowest BCUT2D eigenvalue weighted by Crippen LogP contribution is -3.00. The van der Waals surface area contributed by atoms with Gasteiger partial charge in [-0.05, 0) is 54.0 Å². The van der Waals surface area contributed by atoms with Crippen LogP contribution in [0.15, 0.2) is 66.9 Å². The van der Waals surface area contributed by atoms with E-state index in [4.69, 9.17) is 0 Å². The van der Waals surface area contributed by atoms with Gasteiger partial charge in [-0.25, -0.2) is 0 Å². The van der Waals surface area contributed by atoms with Crippen LogP contribution in [0.3, 0.4) is 0 Å². The third-order valence-corrected chi connectivity index (χ3v) is 5.17. The lowest BCUT2D eigenvalue weighted by Gasteiger charge is -2.11. The molecular formula is C27H32ClN3. The maximum Gasteiger partial charge on any atom is 0.205 e. The predicted molar refractivity (Wildman–Crippen MR) is 132 cm³/mol. The summed E-state index contributed by atoms with van der Waals surface area (Å²) >= 11 is 0. The Morgan fingerprint density at radius 2 is 1.10 bits per heavy atom. The van der Waals surface area contributed by atoms with E-state index in [0.29, 0.717) is 0 Å². The van der Waals surface area contributed by atoms with Crippen LogP contribution in [0.1, 0.15) is 29.3 Å². The van der Waals surface area contributed by atoms with E-state index < -0.39 is 0 Å². The molecule has 0 radical (unpaired) electrons. The minimum atomic E-state index is 0. The lowest BCUT2D eigenvalue weighted by molar-refractivity contribution is -0.695. The molecule has 0 aliphatic carbocycles. The zero-order valence-corrected chi connectivity index (χ0v) is 19.8. The summed E-state index contributed by atoms with van der Waals surface area (Å²) in [5, 5.41) is 0. The van der Waals surface area contributed by atoms with Gasteiger partial charge in [0, 0.05) is 57.8 Å². The molecule has 4 heteroatoms. The number of hydrogen-bond donors (Lipinski definition) is 0. The second-order valence-corrected chi connectivity index (χ2v) is 7.81. The van der Waals surface area contributed by atoms with Crippen molar-refractivity contribution in [3.05, 3.63) is 89.2 Å². The van der Waals surface area contributed by atoms with Crippen molar-refractivity contribution in [2.24, 2.45) is 0 Å². The highest BCUT2D eigenvalue weighted by molar-refractivity contribution is 5.73. The molecule has 2 aromatic carbocycles. The van der Waals surface area contributed by atoms with Crippen LogP contribution >= 0.6 is 0 Å². The van der Waals surface area contributed by atoms with Crippen LogP contribution in [0.5, 0.6) is 0 Å². The van der Waals surface area contributed by atoms with Crippen molar-refractivity contribution in [2.45, 2.75) is 13.5 Å². The van der Waals surface area contributed by atoms with Crippen molar-refractivity contribution in [2.75, 3.05) is 38.0 Å². The fourth-order valence-corrected chi connectivity index (χ4v) is 3.24. The summed E-state index contributed by atoms with van der Waals surface area (Å²) in [5.74, 6) is 0. The van der Waals surface area contributed by atoms with Gasteiger partial charge in [-0.3, -0.25) is 0 Å². The highest BCUT2D eigenvalue weighted by Gasteiger charge is 2.06. The summed E-state index contributed by atoms with van der Waals surface area (Å²) in [4.78, 5) is 4.23. The highest BCUT2D eigenvalue weighted by atomic mass is 35.5. The molecule has 0 amide bonds. The van der Waals surface area contributed by atoms with E-state index in [-0.39, 0.29) is 12.4 Å².